The van der Waals surface area contributed by atoms with Crippen molar-refractivity contribution in [3.63, 3.8) is 0 Å². The first-order valence-electron chi connectivity index (χ1n) is 4.35. The molecule has 1 saturated carbocycles. The molecule has 0 aromatic rings. The predicted molar refractivity (Wildman–Crippen MR) is 48.1 cm³/mol. The number of allylic oxidation sites excluding steroid dienone is 1. The van der Waals surface area contributed by atoms with Crippen molar-refractivity contribution in [2.24, 2.45) is 5.92 Å². The Kier molecular flexibility index (Phi) is 5.38. The second-order valence-electron chi connectivity index (χ2n) is 3.16. The summed E-state index contributed by atoms with van der Waals surface area (Å²) in [6, 6.07) is 0. The average molecular weight is 140 g/mol. The zero-order valence-corrected chi connectivity index (χ0v) is 7.61. The highest BCUT2D eigenvalue weighted by atomic mass is 14.2. The molecule has 0 bridgehead atoms. The van der Waals surface area contributed by atoms with Crippen LogP contribution in [0, 0.1) is 5.92 Å². The summed E-state index contributed by atoms with van der Waals surface area (Å²) in [5, 5.41) is 0. The molecular formula is C10H20. The van der Waals surface area contributed by atoms with Gasteiger partial charge < -0.3 is 0 Å². The van der Waals surface area contributed by atoms with Gasteiger partial charge in [-0.2, -0.15) is 0 Å². The third-order valence-electron chi connectivity index (χ3n) is 1.88. The summed E-state index contributed by atoms with van der Waals surface area (Å²) < 4.78 is 0. The van der Waals surface area contributed by atoms with Gasteiger partial charge in [0.1, 0.15) is 0 Å². The minimum atomic E-state index is 1.11. The smallest absolute Gasteiger partial charge is 0.0354 e. The van der Waals surface area contributed by atoms with Crippen LogP contribution in [0.25, 0.3) is 0 Å². The SMILES string of the molecule is C=C(C)CC.CCC1CC1. The highest BCUT2D eigenvalue weighted by molar-refractivity contribution is 4.84. The molecule has 0 amide bonds. The highest BCUT2D eigenvalue weighted by Crippen LogP contribution is 2.31. The van der Waals surface area contributed by atoms with Crippen molar-refractivity contribution in [2.75, 3.05) is 0 Å². The summed E-state index contributed by atoms with van der Waals surface area (Å²) in [5.74, 6) is 1.13. The molecule has 0 atom stereocenters. The van der Waals surface area contributed by atoms with Crippen LogP contribution >= 0.6 is 0 Å². The Morgan fingerprint density at radius 2 is 1.80 bits per heavy atom. The molecule has 0 aliphatic heterocycles. The van der Waals surface area contributed by atoms with Gasteiger partial charge in [-0.1, -0.05) is 38.7 Å². The summed E-state index contributed by atoms with van der Waals surface area (Å²) >= 11 is 0. The molecule has 0 aromatic heterocycles. The summed E-state index contributed by atoms with van der Waals surface area (Å²) in [5.41, 5.74) is 1.25. The summed E-state index contributed by atoms with van der Waals surface area (Å²) in [4.78, 5) is 0. The molecule has 0 radical (unpaired) electrons. The Bertz CT molecular complexity index is 88.2. The van der Waals surface area contributed by atoms with E-state index in [0.717, 1.165) is 12.3 Å². The lowest BCUT2D eigenvalue weighted by Gasteiger charge is -1.79. The van der Waals surface area contributed by atoms with E-state index in [1.165, 1.54) is 24.8 Å². The first-order chi connectivity index (χ1) is 4.70. The van der Waals surface area contributed by atoms with Crippen LogP contribution in [0.4, 0.5) is 0 Å². The number of hydrogen-bond acceptors (Lipinski definition) is 0. The molecule has 1 fully saturated rings. The maximum absolute atomic E-state index is 3.67. The van der Waals surface area contributed by atoms with Crippen LogP contribution in [0.5, 0.6) is 0 Å². The third-order valence-corrected chi connectivity index (χ3v) is 1.88. The lowest BCUT2D eigenvalue weighted by atomic mass is 10.3. The molecule has 0 N–H and O–H groups in total. The van der Waals surface area contributed by atoms with Crippen LogP contribution in [0.3, 0.4) is 0 Å². The minimum Gasteiger partial charge on any atom is -0.100 e. The summed E-state index contributed by atoms with van der Waals surface area (Å²) in [7, 11) is 0. The van der Waals surface area contributed by atoms with Gasteiger partial charge in [-0.25, -0.2) is 0 Å². The molecular weight excluding hydrogens is 120 g/mol. The molecule has 0 aromatic carbocycles. The monoisotopic (exact) mass is 140 g/mol. The molecule has 1 aliphatic rings. The third kappa shape index (κ3) is 7.74. The van der Waals surface area contributed by atoms with E-state index in [4.69, 9.17) is 0 Å². The quantitative estimate of drug-likeness (QED) is 0.512. The normalized spacial score (nSPS) is 15.5. The van der Waals surface area contributed by atoms with E-state index in [2.05, 4.69) is 20.4 Å². The molecule has 1 aliphatic carbocycles. The molecule has 0 spiro atoms. The maximum Gasteiger partial charge on any atom is -0.0354 e. The number of rotatable bonds is 2. The molecule has 0 nitrogen and oxygen atoms in total. The minimum absolute atomic E-state index is 1.11. The van der Waals surface area contributed by atoms with Crippen molar-refractivity contribution < 1.29 is 0 Å². The Hall–Kier alpha value is -0.260. The van der Waals surface area contributed by atoms with E-state index in [1.807, 2.05) is 6.92 Å². The van der Waals surface area contributed by atoms with Crippen molar-refractivity contribution in [1.82, 2.24) is 0 Å². The van der Waals surface area contributed by atoms with Gasteiger partial charge in [0.15, 0.2) is 0 Å². The Morgan fingerprint density at radius 3 is 1.80 bits per heavy atom. The number of hydrogen-bond donors (Lipinski definition) is 0. The van der Waals surface area contributed by atoms with Gasteiger partial charge in [0.25, 0.3) is 0 Å². The highest BCUT2D eigenvalue weighted by Gasteiger charge is 2.17. The van der Waals surface area contributed by atoms with Crippen molar-refractivity contribution in [2.45, 2.75) is 46.5 Å². The van der Waals surface area contributed by atoms with E-state index in [1.54, 1.807) is 0 Å². The molecule has 10 heavy (non-hydrogen) atoms. The van der Waals surface area contributed by atoms with Crippen molar-refractivity contribution in [3.8, 4) is 0 Å². The second-order valence-corrected chi connectivity index (χ2v) is 3.16. The van der Waals surface area contributed by atoms with Gasteiger partial charge in [0, 0.05) is 0 Å². The first kappa shape index (κ1) is 9.74. The fourth-order valence-electron chi connectivity index (χ4n) is 0.526. The zero-order valence-electron chi connectivity index (χ0n) is 7.61. The molecule has 0 saturated heterocycles. The van der Waals surface area contributed by atoms with Gasteiger partial charge in [0.2, 0.25) is 0 Å². The van der Waals surface area contributed by atoms with Gasteiger partial charge in [0.05, 0.1) is 0 Å². The van der Waals surface area contributed by atoms with Crippen molar-refractivity contribution in [3.05, 3.63) is 12.2 Å². The van der Waals surface area contributed by atoms with Crippen molar-refractivity contribution >= 4 is 0 Å². The fourth-order valence-corrected chi connectivity index (χ4v) is 0.526. The lowest BCUT2D eigenvalue weighted by molar-refractivity contribution is 0.799. The van der Waals surface area contributed by atoms with E-state index >= 15 is 0 Å². The second kappa shape index (κ2) is 5.52. The van der Waals surface area contributed by atoms with Crippen LogP contribution in [-0.4, -0.2) is 0 Å². The Balaban J connectivity index is 0.000000162. The molecule has 1 rings (SSSR count). The largest absolute Gasteiger partial charge is 0.100 e. The Morgan fingerprint density at radius 1 is 1.40 bits per heavy atom. The van der Waals surface area contributed by atoms with E-state index in [9.17, 15) is 0 Å². The van der Waals surface area contributed by atoms with Crippen LogP contribution in [0.15, 0.2) is 12.2 Å². The van der Waals surface area contributed by atoms with Gasteiger partial charge in [-0.3, -0.25) is 0 Å². The van der Waals surface area contributed by atoms with Gasteiger partial charge in [-0.15, -0.1) is 6.58 Å². The van der Waals surface area contributed by atoms with Crippen LogP contribution in [0.2, 0.25) is 0 Å². The van der Waals surface area contributed by atoms with Gasteiger partial charge >= 0.3 is 0 Å². The Labute approximate surface area is 65.3 Å². The van der Waals surface area contributed by atoms with Crippen LogP contribution < -0.4 is 0 Å². The lowest BCUT2D eigenvalue weighted by Crippen LogP contribution is -1.59. The summed E-state index contributed by atoms with van der Waals surface area (Å²) in [6.07, 6.45) is 5.55. The van der Waals surface area contributed by atoms with E-state index < -0.39 is 0 Å². The molecule has 60 valence electrons. The van der Waals surface area contributed by atoms with Crippen LogP contribution in [0.1, 0.15) is 46.5 Å². The molecule has 0 unspecified atom stereocenters. The van der Waals surface area contributed by atoms with E-state index in [0.29, 0.717) is 0 Å². The van der Waals surface area contributed by atoms with Crippen LogP contribution in [-0.2, 0) is 0 Å². The maximum atomic E-state index is 3.67. The average Bonchev–Trinajstić information content (AvgIpc) is 2.70. The van der Waals surface area contributed by atoms with Gasteiger partial charge in [-0.05, 0) is 19.3 Å². The molecule has 0 heteroatoms. The fraction of sp³-hybridized carbons (Fsp3) is 0.800. The van der Waals surface area contributed by atoms with E-state index in [-0.39, 0.29) is 0 Å². The predicted octanol–water partition coefficient (Wildman–Crippen LogP) is 3.78. The molecule has 0 heterocycles. The first-order valence-corrected chi connectivity index (χ1v) is 4.35. The topological polar surface area (TPSA) is 0 Å². The standard InChI is InChI=1S/2C5H10/c1-2-5-3-4-5;1-4-5(2)3/h5H,2-4H2,1H3;2,4H2,1,3H3. The van der Waals surface area contributed by atoms with Crippen molar-refractivity contribution in [1.29, 1.82) is 0 Å². The zero-order chi connectivity index (χ0) is 7.98. The summed E-state index contributed by atoms with van der Waals surface area (Å²) in [6.45, 7) is 10.1.